The van der Waals surface area contributed by atoms with E-state index in [-0.39, 0.29) is 10.6 Å². The minimum Gasteiger partial charge on any atom is -0.380 e. The molecular weight excluding hydrogens is 244 g/mol. The van der Waals surface area contributed by atoms with Crippen LogP contribution in [0.2, 0.25) is 0 Å². The summed E-state index contributed by atoms with van der Waals surface area (Å²) in [6.07, 6.45) is 3.67. The molecular formula is C13H16N4O2. The van der Waals surface area contributed by atoms with Crippen LogP contribution in [0.5, 0.6) is 0 Å². The van der Waals surface area contributed by atoms with Crippen molar-refractivity contribution < 1.29 is 4.92 Å². The van der Waals surface area contributed by atoms with Crippen molar-refractivity contribution in [1.82, 2.24) is 9.78 Å². The summed E-state index contributed by atoms with van der Waals surface area (Å²) in [5.41, 5.74) is 2.58. The van der Waals surface area contributed by atoms with Gasteiger partial charge in [0, 0.05) is 18.8 Å². The molecule has 0 aliphatic heterocycles. The molecule has 0 fully saturated rings. The second-order valence-corrected chi connectivity index (χ2v) is 4.35. The molecule has 2 rings (SSSR count). The zero-order valence-corrected chi connectivity index (χ0v) is 11.0. The van der Waals surface area contributed by atoms with E-state index in [4.69, 9.17) is 0 Å². The minimum atomic E-state index is -0.365. The Morgan fingerprint density at radius 1 is 1.47 bits per heavy atom. The highest BCUT2D eigenvalue weighted by molar-refractivity contribution is 5.62. The molecule has 0 saturated carbocycles. The highest BCUT2D eigenvalue weighted by atomic mass is 16.6. The van der Waals surface area contributed by atoms with E-state index in [1.165, 1.54) is 0 Å². The van der Waals surface area contributed by atoms with Crippen LogP contribution in [0.4, 0.5) is 11.4 Å². The molecule has 0 aliphatic carbocycles. The third-order valence-electron chi connectivity index (χ3n) is 2.73. The highest BCUT2D eigenvalue weighted by Crippen LogP contribution is 2.25. The number of nitrogens with zero attached hydrogens (tertiary/aromatic N) is 3. The molecule has 1 heterocycles. The Morgan fingerprint density at radius 2 is 2.26 bits per heavy atom. The van der Waals surface area contributed by atoms with Crippen molar-refractivity contribution >= 4 is 11.4 Å². The normalized spacial score (nSPS) is 10.4. The zero-order valence-electron chi connectivity index (χ0n) is 11.0. The van der Waals surface area contributed by atoms with Gasteiger partial charge in [0.25, 0.3) is 5.69 Å². The SMILES string of the molecule is CCNc1ccc(Cn2cc(C)cn2)cc1[N+](=O)[O-]. The van der Waals surface area contributed by atoms with Crippen LogP contribution in [0.3, 0.4) is 0 Å². The minimum absolute atomic E-state index is 0.100. The Balaban J connectivity index is 2.27. The lowest BCUT2D eigenvalue weighted by Crippen LogP contribution is -2.04. The molecule has 6 nitrogen and oxygen atoms in total. The Kier molecular flexibility index (Phi) is 3.79. The van der Waals surface area contributed by atoms with E-state index in [0.29, 0.717) is 18.8 Å². The molecule has 1 aromatic carbocycles. The van der Waals surface area contributed by atoms with Crippen molar-refractivity contribution in [2.75, 3.05) is 11.9 Å². The summed E-state index contributed by atoms with van der Waals surface area (Å²) in [7, 11) is 0. The average Bonchev–Trinajstić information content (AvgIpc) is 2.77. The number of nitrogens with one attached hydrogen (secondary N) is 1. The number of benzene rings is 1. The average molecular weight is 260 g/mol. The van der Waals surface area contributed by atoms with Crippen LogP contribution in [0.1, 0.15) is 18.1 Å². The van der Waals surface area contributed by atoms with Crippen molar-refractivity contribution in [3.8, 4) is 0 Å². The van der Waals surface area contributed by atoms with Crippen molar-refractivity contribution in [3.63, 3.8) is 0 Å². The van der Waals surface area contributed by atoms with Gasteiger partial charge in [-0.2, -0.15) is 5.10 Å². The van der Waals surface area contributed by atoms with Gasteiger partial charge in [-0.1, -0.05) is 6.07 Å². The van der Waals surface area contributed by atoms with Crippen LogP contribution in [0, 0.1) is 17.0 Å². The largest absolute Gasteiger partial charge is 0.380 e. The summed E-state index contributed by atoms with van der Waals surface area (Å²) in [4.78, 5) is 10.7. The number of nitro groups is 1. The molecule has 100 valence electrons. The van der Waals surface area contributed by atoms with Crippen LogP contribution in [-0.2, 0) is 6.54 Å². The molecule has 0 saturated heterocycles. The van der Waals surface area contributed by atoms with Gasteiger partial charge < -0.3 is 5.32 Å². The van der Waals surface area contributed by atoms with Gasteiger partial charge in [0.2, 0.25) is 0 Å². The first kappa shape index (κ1) is 13.1. The molecule has 6 heteroatoms. The number of hydrogen-bond donors (Lipinski definition) is 1. The summed E-state index contributed by atoms with van der Waals surface area (Å²) >= 11 is 0. The smallest absolute Gasteiger partial charge is 0.292 e. The van der Waals surface area contributed by atoms with Crippen molar-refractivity contribution in [3.05, 3.63) is 51.8 Å². The van der Waals surface area contributed by atoms with E-state index >= 15 is 0 Å². The van der Waals surface area contributed by atoms with Gasteiger partial charge in [0.05, 0.1) is 17.7 Å². The molecule has 1 aromatic heterocycles. The second kappa shape index (κ2) is 5.51. The Hall–Kier alpha value is -2.37. The van der Waals surface area contributed by atoms with Gasteiger partial charge in [-0.25, -0.2) is 0 Å². The lowest BCUT2D eigenvalue weighted by molar-refractivity contribution is -0.384. The number of anilines is 1. The molecule has 0 spiro atoms. The van der Waals surface area contributed by atoms with E-state index < -0.39 is 0 Å². The van der Waals surface area contributed by atoms with Gasteiger partial charge in [-0.05, 0) is 31.0 Å². The molecule has 0 atom stereocenters. The molecule has 0 unspecified atom stereocenters. The first-order chi connectivity index (χ1) is 9.10. The molecule has 2 aromatic rings. The molecule has 1 N–H and O–H groups in total. The molecule has 19 heavy (non-hydrogen) atoms. The summed E-state index contributed by atoms with van der Waals surface area (Å²) in [6, 6.07) is 5.21. The van der Waals surface area contributed by atoms with E-state index in [0.717, 1.165) is 11.1 Å². The number of hydrogen-bond acceptors (Lipinski definition) is 4. The Bertz CT molecular complexity index is 592. The van der Waals surface area contributed by atoms with Crippen LogP contribution in [-0.4, -0.2) is 21.2 Å². The van der Waals surface area contributed by atoms with Crippen LogP contribution in [0.15, 0.2) is 30.6 Å². The molecule has 0 radical (unpaired) electrons. The fourth-order valence-corrected chi connectivity index (χ4v) is 1.91. The summed E-state index contributed by atoms with van der Waals surface area (Å²) in [5, 5.41) is 18.2. The maximum absolute atomic E-state index is 11.0. The van der Waals surface area contributed by atoms with Crippen LogP contribution >= 0.6 is 0 Å². The maximum atomic E-state index is 11.0. The third-order valence-corrected chi connectivity index (χ3v) is 2.73. The topological polar surface area (TPSA) is 73.0 Å². The third kappa shape index (κ3) is 3.09. The summed E-state index contributed by atoms with van der Waals surface area (Å²) in [5.74, 6) is 0. The number of aryl methyl sites for hydroxylation is 1. The van der Waals surface area contributed by atoms with Gasteiger partial charge in [-0.15, -0.1) is 0 Å². The first-order valence-corrected chi connectivity index (χ1v) is 6.10. The zero-order chi connectivity index (χ0) is 13.8. The highest BCUT2D eigenvalue weighted by Gasteiger charge is 2.14. The molecule has 0 bridgehead atoms. The van der Waals surface area contributed by atoms with Gasteiger partial charge in [0.1, 0.15) is 5.69 Å². The predicted octanol–water partition coefficient (Wildman–Crippen LogP) is 2.58. The Morgan fingerprint density at radius 3 is 2.84 bits per heavy atom. The maximum Gasteiger partial charge on any atom is 0.292 e. The monoisotopic (exact) mass is 260 g/mol. The van der Waals surface area contributed by atoms with Crippen LogP contribution in [0.25, 0.3) is 0 Å². The lowest BCUT2D eigenvalue weighted by atomic mass is 10.1. The van der Waals surface area contributed by atoms with E-state index in [1.807, 2.05) is 26.1 Å². The van der Waals surface area contributed by atoms with Crippen molar-refractivity contribution in [1.29, 1.82) is 0 Å². The summed E-state index contributed by atoms with van der Waals surface area (Å²) in [6.45, 7) is 5.05. The second-order valence-electron chi connectivity index (χ2n) is 4.35. The first-order valence-electron chi connectivity index (χ1n) is 6.10. The lowest BCUT2D eigenvalue weighted by Gasteiger charge is -2.07. The van der Waals surface area contributed by atoms with E-state index in [9.17, 15) is 10.1 Å². The molecule has 0 aliphatic rings. The fraction of sp³-hybridized carbons (Fsp3) is 0.308. The number of nitro benzene ring substituents is 1. The van der Waals surface area contributed by atoms with Crippen molar-refractivity contribution in [2.24, 2.45) is 0 Å². The van der Waals surface area contributed by atoms with Gasteiger partial charge in [-0.3, -0.25) is 14.8 Å². The van der Waals surface area contributed by atoms with Gasteiger partial charge >= 0.3 is 0 Å². The van der Waals surface area contributed by atoms with Crippen molar-refractivity contribution in [2.45, 2.75) is 20.4 Å². The standard InChI is InChI=1S/C13H16N4O2/c1-3-14-12-5-4-11(6-13(12)17(18)19)9-16-8-10(2)7-15-16/h4-8,14H,3,9H2,1-2H3. The van der Waals surface area contributed by atoms with E-state index in [1.54, 1.807) is 23.0 Å². The van der Waals surface area contributed by atoms with Gasteiger partial charge in [0.15, 0.2) is 0 Å². The Labute approximate surface area is 111 Å². The number of aromatic nitrogens is 2. The number of rotatable bonds is 5. The quantitative estimate of drug-likeness (QED) is 0.662. The molecule has 0 amide bonds. The predicted molar refractivity (Wildman–Crippen MR) is 73.3 cm³/mol. The van der Waals surface area contributed by atoms with Crippen LogP contribution < -0.4 is 5.32 Å². The van der Waals surface area contributed by atoms with E-state index in [2.05, 4.69) is 10.4 Å². The fourth-order valence-electron chi connectivity index (χ4n) is 1.91. The summed E-state index contributed by atoms with van der Waals surface area (Å²) < 4.78 is 1.77.